The van der Waals surface area contributed by atoms with Gasteiger partial charge in [-0.05, 0) is 0 Å². The summed E-state index contributed by atoms with van der Waals surface area (Å²) in [5.74, 6) is 0. The third-order valence-electron chi connectivity index (χ3n) is 1.77. The number of aliphatic hydroxyl groups is 4. The van der Waals surface area contributed by atoms with Crippen LogP contribution in [0, 0.1) is 0 Å². The number of β-amino-alcohol motifs (C(OH)–C–C–N with tert-alkyl or cyclic N) is 2. The van der Waals surface area contributed by atoms with Crippen molar-refractivity contribution in [3.8, 4) is 0 Å². The van der Waals surface area contributed by atoms with Crippen LogP contribution >= 0.6 is 0 Å². The summed E-state index contributed by atoms with van der Waals surface area (Å²) in [5.41, 5.74) is 0. The molecule has 0 amide bonds. The zero-order valence-electron chi connectivity index (χ0n) is 6.96. The Hall–Kier alpha value is -0.200. The minimum absolute atomic E-state index is 0.0741. The van der Waals surface area contributed by atoms with Gasteiger partial charge < -0.3 is 25.7 Å². The number of aliphatic hydroxyl groups excluding tert-OH is 4. The number of nitrogens with one attached hydrogen (secondary N) is 1. The molecule has 11 heavy (non-hydrogen) atoms. The lowest BCUT2D eigenvalue weighted by atomic mass is 10.1. The molecule has 0 unspecified atom stereocenters. The summed E-state index contributed by atoms with van der Waals surface area (Å²) in [5, 5.41) is 37.5. The van der Waals surface area contributed by atoms with Gasteiger partial charge in [0.15, 0.2) is 0 Å². The average Bonchev–Trinajstić information content (AvgIpc) is 2.05. The summed E-state index contributed by atoms with van der Waals surface area (Å²) in [6, 6.07) is 0. The van der Waals surface area contributed by atoms with E-state index in [4.69, 9.17) is 21.8 Å². The lowest BCUT2D eigenvalue weighted by molar-refractivity contribution is -0.0894. The fourth-order valence-electron chi connectivity index (χ4n) is 1.01. The number of hydrogen-bond donors (Lipinski definition) is 5. The van der Waals surface area contributed by atoms with E-state index in [-0.39, 0.29) is 13.1 Å². The molecule has 1 saturated heterocycles. The molecular formula is C6H13NO4. The second kappa shape index (κ2) is 3.46. The standard InChI is InChI=1S/C6H13NO4/c8-3-1-7-2-4(9)6(11)5(3)10/h3-11H,1-2H2/t3-,4+,5-,6-/m1/s1/i/hD. The fourth-order valence-corrected chi connectivity index (χ4v) is 1.01. The smallest absolute Gasteiger partial charge is 0.122 e. The highest BCUT2D eigenvalue weighted by Crippen LogP contribution is 2.07. The zero-order valence-corrected chi connectivity index (χ0v) is 5.96. The van der Waals surface area contributed by atoms with Crippen molar-refractivity contribution in [1.29, 1.82) is 0 Å². The second-order valence-electron chi connectivity index (χ2n) is 2.70. The number of rotatable bonds is 0. The van der Waals surface area contributed by atoms with Gasteiger partial charge in [0.05, 0.1) is 12.2 Å². The topological polar surface area (TPSA) is 93.0 Å². The van der Waals surface area contributed by atoms with E-state index in [1.165, 1.54) is 0 Å². The molecule has 0 aromatic heterocycles. The molecule has 0 aliphatic carbocycles. The molecule has 66 valence electrons. The van der Waals surface area contributed by atoms with Gasteiger partial charge in [-0.3, -0.25) is 0 Å². The zero-order chi connectivity index (χ0) is 9.30. The van der Waals surface area contributed by atoms with Gasteiger partial charge in [-0.25, -0.2) is 0 Å². The lowest BCUT2D eigenvalue weighted by Crippen LogP contribution is -2.43. The largest absolute Gasteiger partial charge is 0.389 e. The van der Waals surface area contributed by atoms with E-state index >= 15 is 0 Å². The first-order valence-electron chi connectivity index (χ1n) is 3.93. The maximum absolute atomic E-state index is 9.14. The van der Waals surface area contributed by atoms with Crippen molar-refractivity contribution >= 4 is 0 Å². The van der Waals surface area contributed by atoms with E-state index in [0.29, 0.717) is 0 Å². The van der Waals surface area contributed by atoms with Crippen molar-refractivity contribution in [1.82, 2.24) is 5.31 Å². The summed E-state index contributed by atoms with van der Waals surface area (Å²) < 4.78 is 7.14. The van der Waals surface area contributed by atoms with E-state index in [0.717, 1.165) is 5.31 Å². The minimum Gasteiger partial charge on any atom is -0.389 e. The van der Waals surface area contributed by atoms with Gasteiger partial charge in [-0.1, -0.05) is 0 Å². The van der Waals surface area contributed by atoms with E-state index in [2.05, 4.69) is 0 Å². The molecule has 5 N–H and O–H groups in total. The predicted molar refractivity (Wildman–Crippen MR) is 36.9 cm³/mol. The molecule has 0 aromatic carbocycles. The van der Waals surface area contributed by atoms with Crippen LogP contribution in [0.2, 0.25) is 1.41 Å². The summed E-state index contributed by atoms with van der Waals surface area (Å²) >= 11 is 0. The molecule has 0 spiro atoms. The molecule has 4 atom stereocenters. The molecule has 1 fully saturated rings. The molecule has 1 rings (SSSR count). The van der Waals surface area contributed by atoms with E-state index in [1.54, 1.807) is 0 Å². The van der Waals surface area contributed by atoms with Crippen molar-refractivity contribution in [3.63, 3.8) is 0 Å². The highest BCUT2D eigenvalue weighted by atomic mass is 16.4. The summed E-state index contributed by atoms with van der Waals surface area (Å²) in [6.45, 7) is -0.148. The molecular weight excluding hydrogens is 150 g/mol. The van der Waals surface area contributed by atoms with Gasteiger partial charge in [0, 0.05) is 13.1 Å². The molecule has 0 saturated carbocycles. The summed E-state index contributed by atoms with van der Waals surface area (Å²) in [6.07, 6.45) is -5.13. The highest BCUT2D eigenvalue weighted by Gasteiger charge is 2.32. The van der Waals surface area contributed by atoms with Crippen LogP contribution in [0.3, 0.4) is 0 Å². The van der Waals surface area contributed by atoms with Crippen LogP contribution in [-0.2, 0) is 0 Å². The molecule has 0 aromatic rings. The van der Waals surface area contributed by atoms with E-state index in [9.17, 15) is 0 Å². The van der Waals surface area contributed by atoms with Crippen LogP contribution in [0.1, 0.15) is 0 Å². The lowest BCUT2D eigenvalue weighted by Gasteiger charge is -2.21. The van der Waals surface area contributed by atoms with Gasteiger partial charge in [0.2, 0.25) is 0 Å². The normalized spacial score (nSPS) is 50.0. The minimum atomic E-state index is -1.38. The second-order valence-corrected chi connectivity index (χ2v) is 2.70. The molecule has 5 nitrogen and oxygen atoms in total. The molecule has 0 radical (unpaired) electrons. The first-order valence-corrected chi connectivity index (χ1v) is 3.48. The Balaban J connectivity index is 2.66. The Kier molecular flexibility index (Phi) is 2.35. The Labute approximate surface area is 65.7 Å². The van der Waals surface area contributed by atoms with E-state index < -0.39 is 24.4 Å². The maximum atomic E-state index is 9.14. The Morgan fingerprint density at radius 1 is 1.00 bits per heavy atom. The van der Waals surface area contributed by atoms with Gasteiger partial charge in [0.25, 0.3) is 0 Å². The van der Waals surface area contributed by atoms with Crippen LogP contribution in [0.4, 0.5) is 0 Å². The van der Waals surface area contributed by atoms with Crippen molar-refractivity contribution in [2.75, 3.05) is 13.1 Å². The molecule has 1 heterocycles. The summed E-state index contributed by atoms with van der Waals surface area (Å²) in [4.78, 5) is 0. The fraction of sp³-hybridized carbons (Fsp3) is 1.00. The van der Waals surface area contributed by atoms with Crippen LogP contribution in [-0.4, -0.2) is 57.9 Å². The van der Waals surface area contributed by atoms with Crippen LogP contribution in [0.5, 0.6) is 0 Å². The monoisotopic (exact) mass is 164 g/mol. The van der Waals surface area contributed by atoms with Crippen molar-refractivity contribution in [3.05, 3.63) is 0 Å². The highest BCUT2D eigenvalue weighted by molar-refractivity contribution is 4.86. The van der Waals surface area contributed by atoms with Crippen molar-refractivity contribution in [2.24, 2.45) is 0 Å². The van der Waals surface area contributed by atoms with Crippen LogP contribution in [0.25, 0.3) is 0 Å². The number of hydrogen-bond acceptors (Lipinski definition) is 5. The first-order chi connectivity index (χ1) is 5.52. The Morgan fingerprint density at radius 3 is 1.73 bits per heavy atom. The molecule has 5 heteroatoms. The van der Waals surface area contributed by atoms with Gasteiger partial charge in [0.1, 0.15) is 13.6 Å². The molecule has 1 aliphatic heterocycles. The van der Waals surface area contributed by atoms with Gasteiger partial charge in [-0.2, -0.15) is 0 Å². The third-order valence-corrected chi connectivity index (χ3v) is 1.77. The van der Waals surface area contributed by atoms with Crippen molar-refractivity contribution < 1.29 is 21.8 Å². The SMILES string of the molecule is [2H]N1C[C@@H](O)[C@@H](O)[C@H](O)[C@@H](O)C1. The Morgan fingerprint density at radius 2 is 1.36 bits per heavy atom. The average molecular weight is 164 g/mol. The van der Waals surface area contributed by atoms with Crippen LogP contribution in [0.15, 0.2) is 0 Å². The van der Waals surface area contributed by atoms with Crippen LogP contribution < -0.4 is 5.31 Å². The third kappa shape index (κ3) is 1.88. The maximum Gasteiger partial charge on any atom is 0.122 e. The Bertz CT molecular complexity index is 142. The van der Waals surface area contributed by atoms with Crippen molar-refractivity contribution in [2.45, 2.75) is 24.4 Å². The first kappa shape index (κ1) is 7.45. The predicted octanol–water partition coefficient (Wildman–Crippen LogP) is -2.97. The quantitative estimate of drug-likeness (QED) is 0.264. The molecule has 1 aliphatic rings. The van der Waals surface area contributed by atoms with Gasteiger partial charge >= 0.3 is 0 Å². The summed E-state index contributed by atoms with van der Waals surface area (Å²) in [7, 11) is 0. The van der Waals surface area contributed by atoms with E-state index in [1.807, 2.05) is 0 Å². The molecule has 0 bridgehead atoms. The van der Waals surface area contributed by atoms with Gasteiger partial charge in [-0.15, -0.1) is 0 Å².